The highest BCUT2D eigenvalue weighted by Crippen LogP contribution is 2.16. The minimum atomic E-state index is -0.650. The second-order valence-corrected chi connectivity index (χ2v) is 7.89. The Bertz CT molecular complexity index is 798. The largest absolute Gasteiger partial charge is 0.497 e. The monoisotopic (exact) mass is 398 g/mol. The van der Waals surface area contributed by atoms with Gasteiger partial charge in [0, 0.05) is 12.1 Å². The molecule has 1 N–H and O–H groups in total. The van der Waals surface area contributed by atoms with Crippen molar-refractivity contribution in [1.29, 1.82) is 0 Å². The average molecular weight is 399 g/mol. The lowest BCUT2D eigenvalue weighted by Crippen LogP contribution is -2.53. The fourth-order valence-corrected chi connectivity index (χ4v) is 2.73. The first-order chi connectivity index (χ1) is 13.7. The number of hydrogen-bond donors (Lipinski definition) is 1. The third-order valence-corrected chi connectivity index (χ3v) is 4.28. The molecule has 0 aliphatic rings. The summed E-state index contributed by atoms with van der Waals surface area (Å²) in [5.41, 5.74) is 0.509. The summed E-state index contributed by atoms with van der Waals surface area (Å²) in [4.78, 5) is 27.2. The lowest BCUT2D eigenvalue weighted by Gasteiger charge is -2.31. The third kappa shape index (κ3) is 7.14. The summed E-state index contributed by atoms with van der Waals surface area (Å²) in [6, 6.07) is 15.9. The molecule has 6 heteroatoms. The van der Waals surface area contributed by atoms with Gasteiger partial charge in [-0.2, -0.15) is 0 Å². The van der Waals surface area contributed by atoms with E-state index in [2.05, 4.69) is 5.32 Å². The molecule has 0 aliphatic carbocycles. The molecule has 2 aromatic carbocycles. The highest BCUT2D eigenvalue weighted by Gasteiger charge is 2.28. The van der Waals surface area contributed by atoms with Gasteiger partial charge in [-0.05, 0) is 57.5 Å². The quantitative estimate of drug-likeness (QED) is 0.740. The van der Waals surface area contributed by atoms with Crippen LogP contribution in [-0.2, 0) is 16.1 Å². The fourth-order valence-electron chi connectivity index (χ4n) is 2.73. The van der Waals surface area contributed by atoms with Crippen LogP contribution in [0.5, 0.6) is 11.5 Å². The predicted octanol–water partition coefficient (Wildman–Crippen LogP) is 3.41. The summed E-state index contributed by atoms with van der Waals surface area (Å²) in [7, 11) is 1.60. The first-order valence-electron chi connectivity index (χ1n) is 9.62. The van der Waals surface area contributed by atoms with E-state index >= 15 is 0 Å². The number of hydrogen-bond acceptors (Lipinski definition) is 4. The zero-order valence-corrected chi connectivity index (χ0v) is 17.8. The number of carbonyl (C=O) groups is 2. The van der Waals surface area contributed by atoms with Crippen LogP contribution in [0.1, 0.15) is 33.3 Å². The van der Waals surface area contributed by atoms with Crippen molar-refractivity contribution < 1.29 is 19.1 Å². The van der Waals surface area contributed by atoms with E-state index in [4.69, 9.17) is 9.47 Å². The van der Waals surface area contributed by atoms with E-state index < -0.39 is 6.04 Å². The van der Waals surface area contributed by atoms with Crippen LogP contribution in [0.15, 0.2) is 54.6 Å². The van der Waals surface area contributed by atoms with Gasteiger partial charge in [-0.25, -0.2) is 0 Å². The van der Waals surface area contributed by atoms with Crippen LogP contribution in [0.3, 0.4) is 0 Å². The molecule has 2 rings (SSSR count). The molecule has 0 spiro atoms. The zero-order chi connectivity index (χ0) is 21.4. The van der Waals surface area contributed by atoms with E-state index in [1.807, 2.05) is 63.2 Å². The first-order valence-corrected chi connectivity index (χ1v) is 9.62. The molecule has 0 aromatic heterocycles. The second-order valence-electron chi connectivity index (χ2n) is 7.89. The van der Waals surface area contributed by atoms with Crippen LogP contribution in [0, 0.1) is 0 Å². The van der Waals surface area contributed by atoms with Gasteiger partial charge in [-0.1, -0.05) is 30.3 Å². The highest BCUT2D eigenvalue weighted by atomic mass is 16.5. The lowest BCUT2D eigenvalue weighted by atomic mass is 10.1. The highest BCUT2D eigenvalue weighted by molar-refractivity contribution is 5.88. The number of nitrogens with zero attached hydrogens (tertiary/aromatic N) is 1. The number of carbonyl (C=O) groups excluding carboxylic acids is 2. The summed E-state index contributed by atoms with van der Waals surface area (Å²) < 4.78 is 10.8. The standard InChI is InChI=1S/C23H30N2O4/c1-17(22(27)24-23(2,3)4)25(15-18-11-13-19(28-5)14-12-18)21(26)16-29-20-9-7-6-8-10-20/h6-14,17H,15-16H2,1-5H3,(H,24,27). The molecule has 0 saturated carbocycles. The maximum Gasteiger partial charge on any atom is 0.261 e. The number of rotatable bonds is 8. The molecule has 1 unspecified atom stereocenters. The van der Waals surface area contributed by atoms with Gasteiger partial charge in [0.05, 0.1) is 7.11 Å². The Balaban J connectivity index is 2.16. The Morgan fingerprint density at radius 3 is 2.17 bits per heavy atom. The van der Waals surface area contributed by atoms with Gasteiger partial charge < -0.3 is 19.7 Å². The van der Waals surface area contributed by atoms with Gasteiger partial charge >= 0.3 is 0 Å². The summed E-state index contributed by atoms with van der Waals surface area (Å²) >= 11 is 0. The molecule has 0 bridgehead atoms. The van der Waals surface area contributed by atoms with Crippen LogP contribution < -0.4 is 14.8 Å². The Kier molecular flexibility index (Phi) is 7.65. The predicted molar refractivity (Wildman–Crippen MR) is 113 cm³/mol. The van der Waals surface area contributed by atoms with Crippen LogP contribution in [0.25, 0.3) is 0 Å². The molecule has 29 heavy (non-hydrogen) atoms. The molecule has 156 valence electrons. The van der Waals surface area contributed by atoms with Crippen molar-refractivity contribution in [2.75, 3.05) is 13.7 Å². The minimum Gasteiger partial charge on any atom is -0.497 e. The molecule has 0 saturated heterocycles. The minimum absolute atomic E-state index is 0.146. The van der Waals surface area contributed by atoms with Crippen molar-refractivity contribution in [1.82, 2.24) is 10.2 Å². The Morgan fingerprint density at radius 1 is 1.00 bits per heavy atom. The summed E-state index contributed by atoms with van der Waals surface area (Å²) in [6.45, 7) is 7.60. The van der Waals surface area contributed by atoms with Gasteiger partial charge in [-0.15, -0.1) is 0 Å². The van der Waals surface area contributed by atoms with E-state index in [0.717, 1.165) is 11.3 Å². The second kappa shape index (κ2) is 9.96. The van der Waals surface area contributed by atoms with Gasteiger partial charge in [-0.3, -0.25) is 9.59 Å². The number of ether oxygens (including phenoxy) is 2. The van der Waals surface area contributed by atoms with E-state index in [0.29, 0.717) is 12.3 Å². The van der Waals surface area contributed by atoms with Crippen molar-refractivity contribution in [3.8, 4) is 11.5 Å². The number of amides is 2. The summed E-state index contributed by atoms with van der Waals surface area (Å²) in [5.74, 6) is 0.870. The SMILES string of the molecule is COc1ccc(CN(C(=O)COc2ccccc2)C(C)C(=O)NC(C)(C)C)cc1. The summed E-state index contributed by atoms with van der Waals surface area (Å²) in [6.07, 6.45) is 0. The van der Waals surface area contributed by atoms with Crippen molar-refractivity contribution in [3.63, 3.8) is 0 Å². The fraction of sp³-hybridized carbons (Fsp3) is 0.391. The maximum absolute atomic E-state index is 13.0. The molecular formula is C23H30N2O4. The molecule has 1 atom stereocenters. The smallest absolute Gasteiger partial charge is 0.261 e. The van der Waals surface area contributed by atoms with E-state index in [1.165, 1.54) is 4.90 Å². The van der Waals surface area contributed by atoms with Gasteiger partial charge in [0.15, 0.2) is 6.61 Å². The average Bonchev–Trinajstić information content (AvgIpc) is 2.69. The molecule has 0 aliphatic heterocycles. The molecular weight excluding hydrogens is 368 g/mol. The molecule has 0 fully saturated rings. The van der Waals surface area contributed by atoms with Crippen LogP contribution >= 0.6 is 0 Å². The lowest BCUT2D eigenvalue weighted by molar-refractivity contribution is -0.142. The Morgan fingerprint density at radius 2 is 1.62 bits per heavy atom. The van der Waals surface area contributed by atoms with E-state index in [1.54, 1.807) is 26.2 Å². The number of benzene rings is 2. The van der Waals surface area contributed by atoms with Gasteiger partial charge in [0.1, 0.15) is 17.5 Å². The first kappa shape index (κ1) is 22.3. The van der Waals surface area contributed by atoms with E-state index in [9.17, 15) is 9.59 Å². The van der Waals surface area contributed by atoms with Crippen molar-refractivity contribution in [3.05, 3.63) is 60.2 Å². The van der Waals surface area contributed by atoms with E-state index in [-0.39, 0.29) is 24.0 Å². The maximum atomic E-state index is 13.0. The molecule has 0 radical (unpaired) electrons. The van der Waals surface area contributed by atoms with Crippen LogP contribution in [0.2, 0.25) is 0 Å². The van der Waals surface area contributed by atoms with Crippen molar-refractivity contribution in [2.45, 2.75) is 45.8 Å². The topological polar surface area (TPSA) is 67.9 Å². The Hall–Kier alpha value is -3.02. The van der Waals surface area contributed by atoms with Gasteiger partial charge in [0.25, 0.3) is 5.91 Å². The molecule has 2 amide bonds. The van der Waals surface area contributed by atoms with Crippen LogP contribution in [-0.4, -0.2) is 42.0 Å². The third-order valence-electron chi connectivity index (χ3n) is 4.28. The van der Waals surface area contributed by atoms with Crippen molar-refractivity contribution in [2.24, 2.45) is 0 Å². The zero-order valence-electron chi connectivity index (χ0n) is 17.8. The molecule has 6 nitrogen and oxygen atoms in total. The normalized spacial score (nSPS) is 12.0. The number of methoxy groups -OCH3 is 1. The Labute approximate surface area is 172 Å². The van der Waals surface area contributed by atoms with Gasteiger partial charge in [0.2, 0.25) is 5.91 Å². The van der Waals surface area contributed by atoms with Crippen LogP contribution in [0.4, 0.5) is 0 Å². The number of para-hydroxylation sites is 1. The number of nitrogens with one attached hydrogen (secondary N) is 1. The summed E-state index contributed by atoms with van der Waals surface area (Å²) in [5, 5.41) is 2.94. The molecule has 0 heterocycles. The molecule has 2 aromatic rings. The van der Waals surface area contributed by atoms with Crippen molar-refractivity contribution >= 4 is 11.8 Å².